The van der Waals surface area contributed by atoms with Gasteiger partial charge in [-0.25, -0.2) is 0 Å². The highest BCUT2D eigenvalue weighted by Crippen LogP contribution is 2.54. The van der Waals surface area contributed by atoms with Crippen LogP contribution in [0.4, 0.5) is 0 Å². The molecular weight excluding hydrogens is 737 g/mol. The van der Waals surface area contributed by atoms with E-state index in [4.69, 9.17) is 4.42 Å². The maximum Gasteiger partial charge on any atom is 0.143 e. The van der Waals surface area contributed by atoms with Crippen LogP contribution in [-0.4, -0.2) is 0 Å². The van der Waals surface area contributed by atoms with E-state index in [0.29, 0.717) is 0 Å². The van der Waals surface area contributed by atoms with Crippen molar-refractivity contribution in [3.63, 3.8) is 0 Å². The third-order valence-electron chi connectivity index (χ3n) is 14.9. The average molecular weight is 781 g/mol. The van der Waals surface area contributed by atoms with E-state index in [0.717, 1.165) is 28.5 Å². The zero-order valence-corrected chi connectivity index (χ0v) is 34.9. The van der Waals surface area contributed by atoms with Gasteiger partial charge < -0.3 is 4.42 Å². The molecule has 290 valence electrons. The molecule has 1 atom stereocenters. The molecule has 1 unspecified atom stereocenters. The number of furan rings is 1. The number of rotatable bonds is 4. The zero-order chi connectivity index (χ0) is 40.8. The Balaban J connectivity index is 1.08. The van der Waals surface area contributed by atoms with Crippen LogP contribution in [0, 0.1) is 0 Å². The van der Waals surface area contributed by atoms with Gasteiger partial charge in [0, 0.05) is 33.1 Å². The number of hydrogen-bond acceptors (Lipinski definition) is 1. The normalized spacial score (nSPS) is 15.3. The maximum atomic E-state index is 7.23. The van der Waals surface area contributed by atoms with E-state index in [1.165, 1.54) is 105 Å². The van der Waals surface area contributed by atoms with Crippen molar-refractivity contribution >= 4 is 32.7 Å². The number of fused-ring (bicyclic) bond motifs is 13. The molecule has 0 N–H and O–H groups in total. The Morgan fingerprint density at radius 1 is 0.459 bits per heavy atom. The van der Waals surface area contributed by atoms with Gasteiger partial charge in [-0.05, 0) is 124 Å². The van der Waals surface area contributed by atoms with E-state index in [1.807, 2.05) is 0 Å². The highest BCUT2D eigenvalue weighted by atomic mass is 16.3. The molecule has 0 radical (unpaired) electrons. The van der Waals surface area contributed by atoms with Gasteiger partial charge in [-0.15, -0.1) is 0 Å². The molecule has 0 saturated carbocycles. The molecule has 9 aromatic carbocycles. The second-order valence-electron chi connectivity index (χ2n) is 18.7. The fraction of sp³-hybridized carbons (Fsp3) is 0.133. The molecule has 13 rings (SSSR count). The van der Waals surface area contributed by atoms with E-state index >= 15 is 0 Å². The first-order valence-corrected chi connectivity index (χ1v) is 21.8. The van der Waals surface area contributed by atoms with Gasteiger partial charge in [-0.2, -0.15) is 0 Å². The molecule has 0 aliphatic heterocycles. The van der Waals surface area contributed by atoms with Gasteiger partial charge in [0.15, 0.2) is 0 Å². The third kappa shape index (κ3) is 4.72. The topological polar surface area (TPSA) is 13.1 Å². The first-order chi connectivity index (χ1) is 29.8. The first kappa shape index (κ1) is 34.9. The highest BCUT2D eigenvalue weighted by Gasteiger charge is 2.38. The van der Waals surface area contributed by atoms with Crippen molar-refractivity contribution in [3.8, 4) is 44.5 Å². The van der Waals surface area contributed by atoms with Crippen LogP contribution in [0.3, 0.4) is 0 Å². The minimum atomic E-state index is -0.116. The fourth-order valence-corrected chi connectivity index (χ4v) is 11.9. The van der Waals surface area contributed by atoms with Crippen LogP contribution in [0.25, 0.3) is 77.2 Å². The lowest BCUT2D eigenvalue weighted by Crippen LogP contribution is -2.16. The summed E-state index contributed by atoms with van der Waals surface area (Å²) < 4.78 is 7.23. The molecule has 10 aromatic rings. The molecule has 3 aliphatic carbocycles. The Hall–Kier alpha value is -6.96. The minimum Gasteiger partial charge on any atom is -0.455 e. The Bertz CT molecular complexity index is 3520. The van der Waals surface area contributed by atoms with E-state index in [-0.39, 0.29) is 16.7 Å². The molecule has 0 bridgehead atoms. The smallest absolute Gasteiger partial charge is 0.143 e. The summed E-state index contributed by atoms with van der Waals surface area (Å²) in [4.78, 5) is 0. The molecule has 1 heterocycles. The molecule has 61 heavy (non-hydrogen) atoms. The number of hydrogen-bond donors (Lipinski definition) is 0. The molecule has 0 amide bonds. The van der Waals surface area contributed by atoms with Crippen LogP contribution in [0.5, 0.6) is 0 Å². The number of benzene rings is 9. The van der Waals surface area contributed by atoms with Crippen LogP contribution >= 0.6 is 0 Å². The minimum absolute atomic E-state index is 0.0345. The molecule has 0 spiro atoms. The van der Waals surface area contributed by atoms with Crippen molar-refractivity contribution in [2.24, 2.45) is 0 Å². The summed E-state index contributed by atoms with van der Waals surface area (Å²) in [5, 5.41) is 4.78. The van der Waals surface area contributed by atoms with Gasteiger partial charge in [0.05, 0.1) is 0 Å². The van der Waals surface area contributed by atoms with E-state index < -0.39 is 0 Å². The van der Waals surface area contributed by atoms with Gasteiger partial charge in [-0.1, -0.05) is 185 Å². The maximum absolute atomic E-state index is 7.23. The van der Waals surface area contributed by atoms with Crippen LogP contribution in [0.1, 0.15) is 83.7 Å². The van der Waals surface area contributed by atoms with Gasteiger partial charge in [0.25, 0.3) is 0 Å². The van der Waals surface area contributed by atoms with Gasteiger partial charge in [0.2, 0.25) is 0 Å². The molecular formula is C60H44O. The summed E-state index contributed by atoms with van der Waals surface area (Å²) >= 11 is 0. The van der Waals surface area contributed by atoms with Crippen molar-refractivity contribution in [1.29, 1.82) is 0 Å². The zero-order valence-electron chi connectivity index (χ0n) is 34.9. The summed E-state index contributed by atoms with van der Waals surface area (Å²) in [6.45, 7) is 9.52. The summed E-state index contributed by atoms with van der Waals surface area (Å²) in [6.07, 6.45) is 0.926. The summed E-state index contributed by atoms with van der Waals surface area (Å²) in [5.41, 5.74) is 24.4. The average Bonchev–Trinajstić information content (AvgIpc) is 3.99. The van der Waals surface area contributed by atoms with Crippen LogP contribution in [-0.2, 0) is 17.3 Å². The summed E-state index contributed by atoms with van der Waals surface area (Å²) in [7, 11) is 0. The van der Waals surface area contributed by atoms with Crippen LogP contribution < -0.4 is 0 Å². The van der Waals surface area contributed by atoms with Crippen LogP contribution in [0.2, 0.25) is 0 Å². The second kappa shape index (κ2) is 12.3. The predicted molar refractivity (Wildman–Crippen MR) is 254 cm³/mol. The van der Waals surface area contributed by atoms with Gasteiger partial charge in [-0.3, -0.25) is 0 Å². The van der Waals surface area contributed by atoms with Crippen molar-refractivity contribution < 1.29 is 4.42 Å². The van der Waals surface area contributed by atoms with Crippen molar-refractivity contribution in [2.45, 2.75) is 50.9 Å². The SMILES string of the molecule is CC1(C)c2ccccc2-c2ccc(-c3c4ccccc4cc4c3oc3cccc(C(c5ccc6c(c5)C(C)(C)c5ccccc5-6)c5cccc6c5Cc5ccccc5-6)c34)cc21. The molecule has 3 aliphatic rings. The fourth-order valence-electron chi connectivity index (χ4n) is 11.9. The van der Waals surface area contributed by atoms with E-state index in [9.17, 15) is 0 Å². The summed E-state index contributed by atoms with van der Waals surface area (Å²) in [6, 6.07) is 66.3. The monoisotopic (exact) mass is 780 g/mol. The lowest BCUT2D eigenvalue weighted by molar-refractivity contribution is 0.658. The van der Waals surface area contributed by atoms with Crippen molar-refractivity contribution in [1.82, 2.24) is 0 Å². The van der Waals surface area contributed by atoms with Crippen molar-refractivity contribution in [3.05, 3.63) is 226 Å². The Labute approximate surface area is 357 Å². The third-order valence-corrected chi connectivity index (χ3v) is 14.9. The quantitative estimate of drug-likeness (QED) is 0.162. The lowest BCUT2D eigenvalue weighted by Gasteiger charge is -2.26. The highest BCUT2D eigenvalue weighted by molar-refractivity contribution is 6.19. The second-order valence-corrected chi connectivity index (χ2v) is 18.7. The molecule has 0 fully saturated rings. The van der Waals surface area contributed by atoms with Gasteiger partial charge >= 0.3 is 0 Å². The van der Waals surface area contributed by atoms with Crippen molar-refractivity contribution in [2.75, 3.05) is 0 Å². The molecule has 0 saturated heterocycles. The Morgan fingerprint density at radius 2 is 1.07 bits per heavy atom. The molecule has 1 aromatic heterocycles. The summed E-state index contributed by atoms with van der Waals surface area (Å²) in [5.74, 6) is -0.0345. The largest absolute Gasteiger partial charge is 0.455 e. The van der Waals surface area contributed by atoms with E-state index in [2.05, 4.69) is 204 Å². The molecule has 1 nitrogen and oxygen atoms in total. The van der Waals surface area contributed by atoms with Crippen LogP contribution in [0.15, 0.2) is 180 Å². The Kier molecular flexibility index (Phi) is 7.03. The van der Waals surface area contributed by atoms with E-state index in [1.54, 1.807) is 0 Å². The van der Waals surface area contributed by atoms with Gasteiger partial charge in [0.1, 0.15) is 11.2 Å². The predicted octanol–water partition coefficient (Wildman–Crippen LogP) is 15.8. The lowest BCUT2D eigenvalue weighted by atomic mass is 9.77. The Morgan fingerprint density at radius 3 is 1.85 bits per heavy atom. The standard InChI is InChI=1S/C60H44O/c1-59(2)50-24-11-9-19-42(50)44-29-27-37(33-52(44)59)55(46-22-13-21-41-39-17-7-5-15-35(39)31-48(41)46)47-23-14-26-54-57(47)49-32-36-16-6-8-18-40(36)56(58(49)61-54)38-28-30-45-43-20-10-12-25-51(43)60(3,4)53(45)34-38/h5-30,32-34,55H,31H2,1-4H3. The first-order valence-electron chi connectivity index (χ1n) is 21.8. The molecule has 1 heteroatoms.